The van der Waals surface area contributed by atoms with Crippen LogP contribution >= 0.6 is 0 Å². The van der Waals surface area contributed by atoms with E-state index in [1.807, 2.05) is 9.80 Å². The SMILES string of the molecule is CCC1(C)NC(=O)N(NC(=O)CN2CCN(CC(=O)N3CCCCCC3)CC2)C1=O. The van der Waals surface area contributed by atoms with Gasteiger partial charge in [0.05, 0.1) is 13.1 Å². The van der Waals surface area contributed by atoms with Gasteiger partial charge in [-0.3, -0.25) is 29.6 Å². The molecule has 0 aliphatic carbocycles. The highest BCUT2D eigenvalue weighted by atomic mass is 16.2. The molecule has 3 aliphatic heterocycles. The Hall–Kier alpha value is -2.20. The number of carbonyl (C=O) groups is 4. The van der Waals surface area contributed by atoms with Crippen molar-refractivity contribution >= 4 is 23.8 Å². The third-order valence-corrected chi connectivity index (χ3v) is 6.35. The molecule has 1 unspecified atom stereocenters. The maximum atomic E-state index is 12.5. The molecule has 3 saturated heterocycles. The largest absolute Gasteiger partial charge is 0.344 e. The molecule has 30 heavy (non-hydrogen) atoms. The molecule has 0 bridgehead atoms. The molecule has 0 aromatic rings. The number of urea groups is 1. The molecule has 0 radical (unpaired) electrons. The highest BCUT2D eigenvalue weighted by molar-refractivity contribution is 6.07. The van der Waals surface area contributed by atoms with E-state index >= 15 is 0 Å². The number of hydrogen-bond donors (Lipinski definition) is 2. The summed E-state index contributed by atoms with van der Waals surface area (Å²) < 4.78 is 0. The van der Waals surface area contributed by atoms with Crippen molar-refractivity contribution in [2.75, 3.05) is 52.4 Å². The normalized spacial score (nSPS) is 26.5. The third-order valence-electron chi connectivity index (χ3n) is 6.35. The van der Waals surface area contributed by atoms with E-state index in [0.29, 0.717) is 39.1 Å². The lowest BCUT2D eigenvalue weighted by molar-refractivity contribution is -0.139. The summed E-state index contributed by atoms with van der Waals surface area (Å²) in [5.74, 6) is -0.645. The van der Waals surface area contributed by atoms with Gasteiger partial charge in [0.25, 0.3) is 11.8 Å². The Morgan fingerprint density at radius 2 is 1.50 bits per heavy atom. The summed E-state index contributed by atoms with van der Waals surface area (Å²) in [5.41, 5.74) is 1.45. The van der Waals surface area contributed by atoms with Crippen LogP contribution in [0.15, 0.2) is 0 Å². The predicted octanol–water partition coefficient (Wildman–Crippen LogP) is -0.242. The van der Waals surface area contributed by atoms with E-state index in [9.17, 15) is 19.2 Å². The number of nitrogens with one attached hydrogen (secondary N) is 2. The van der Waals surface area contributed by atoms with E-state index in [1.54, 1.807) is 13.8 Å². The topological polar surface area (TPSA) is 105 Å². The molecule has 3 fully saturated rings. The van der Waals surface area contributed by atoms with Gasteiger partial charge in [-0.1, -0.05) is 19.8 Å². The van der Waals surface area contributed by atoms with Gasteiger partial charge in [0.2, 0.25) is 5.91 Å². The predicted molar refractivity (Wildman–Crippen MR) is 110 cm³/mol. The summed E-state index contributed by atoms with van der Waals surface area (Å²) in [6, 6.07) is -0.602. The number of hydrazine groups is 1. The zero-order chi connectivity index (χ0) is 21.7. The molecule has 168 valence electrons. The summed E-state index contributed by atoms with van der Waals surface area (Å²) in [6.45, 7) is 8.45. The second-order valence-electron chi connectivity index (χ2n) is 8.64. The average Bonchev–Trinajstić information content (AvgIpc) is 2.93. The number of nitrogens with zero attached hydrogens (tertiary/aromatic N) is 4. The van der Waals surface area contributed by atoms with E-state index in [0.717, 1.165) is 30.9 Å². The van der Waals surface area contributed by atoms with Gasteiger partial charge in [0.1, 0.15) is 5.54 Å². The Bertz CT molecular complexity index is 670. The molecule has 3 heterocycles. The zero-order valence-electron chi connectivity index (χ0n) is 18.1. The summed E-state index contributed by atoms with van der Waals surface area (Å²) in [6.07, 6.45) is 5.02. The van der Waals surface area contributed by atoms with E-state index < -0.39 is 23.4 Å². The minimum atomic E-state index is -0.976. The van der Waals surface area contributed by atoms with Gasteiger partial charge in [0, 0.05) is 39.3 Å². The first kappa shape index (κ1) is 22.5. The number of imide groups is 1. The Kier molecular flexibility index (Phi) is 7.30. The highest BCUT2D eigenvalue weighted by Crippen LogP contribution is 2.19. The Labute approximate surface area is 177 Å². The van der Waals surface area contributed by atoms with Crippen LogP contribution in [0.1, 0.15) is 46.0 Å². The van der Waals surface area contributed by atoms with Crippen molar-refractivity contribution in [3.05, 3.63) is 0 Å². The van der Waals surface area contributed by atoms with Gasteiger partial charge >= 0.3 is 6.03 Å². The van der Waals surface area contributed by atoms with Gasteiger partial charge in [-0.15, -0.1) is 0 Å². The summed E-state index contributed by atoms with van der Waals surface area (Å²) >= 11 is 0. The van der Waals surface area contributed by atoms with Crippen LogP contribution in [0.25, 0.3) is 0 Å². The van der Waals surface area contributed by atoms with Crippen molar-refractivity contribution in [3.63, 3.8) is 0 Å². The Balaban J connectivity index is 1.40. The van der Waals surface area contributed by atoms with Crippen molar-refractivity contribution < 1.29 is 19.2 Å². The van der Waals surface area contributed by atoms with Crippen LogP contribution in [0.4, 0.5) is 4.79 Å². The van der Waals surface area contributed by atoms with Crippen molar-refractivity contribution in [2.24, 2.45) is 0 Å². The summed E-state index contributed by atoms with van der Waals surface area (Å²) in [5, 5.41) is 3.39. The summed E-state index contributed by atoms with van der Waals surface area (Å²) in [4.78, 5) is 55.4. The standard InChI is InChI=1S/C20H34N6O4/c1-3-20(2)18(29)26(19(30)21-20)22-16(27)14-23-10-12-24(13-11-23)15-17(28)25-8-6-4-5-7-9-25/h3-15H2,1-2H3,(H,21,30)(H,22,27). The van der Waals surface area contributed by atoms with Crippen LogP contribution in [0, 0.1) is 0 Å². The Morgan fingerprint density at radius 3 is 2.03 bits per heavy atom. The second-order valence-corrected chi connectivity index (χ2v) is 8.64. The number of carbonyl (C=O) groups excluding carboxylic acids is 4. The van der Waals surface area contributed by atoms with Gasteiger partial charge in [0.15, 0.2) is 0 Å². The maximum Gasteiger partial charge on any atom is 0.344 e. The molecule has 0 spiro atoms. The quantitative estimate of drug-likeness (QED) is 0.573. The second kappa shape index (κ2) is 9.74. The van der Waals surface area contributed by atoms with Crippen molar-refractivity contribution in [3.8, 4) is 0 Å². The third kappa shape index (κ3) is 5.28. The molecule has 5 amide bonds. The molecule has 0 saturated carbocycles. The van der Waals surface area contributed by atoms with Gasteiger partial charge in [-0.2, -0.15) is 5.01 Å². The Morgan fingerprint density at radius 1 is 0.933 bits per heavy atom. The smallest absolute Gasteiger partial charge is 0.342 e. The van der Waals surface area contributed by atoms with Crippen LogP contribution in [0.3, 0.4) is 0 Å². The number of likely N-dealkylation sites (tertiary alicyclic amines) is 1. The zero-order valence-corrected chi connectivity index (χ0v) is 18.1. The number of rotatable bonds is 6. The van der Waals surface area contributed by atoms with E-state index in [1.165, 1.54) is 12.8 Å². The lowest BCUT2D eigenvalue weighted by Gasteiger charge is -2.35. The van der Waals surface area contributed by atoms with Crippen molar-refractivity contribution in [2.45, 2.75) is 51.5 Å². The molecule has 3 aliphatic rings. The first-order chi connectivity index (χ1) is 14.3. The molecule has 1 atom stereocenters. The lowest BCUT2D eigenvalue weighted by Crippen LogP contribution is -2.54. The van der Waals surface area contributed by atoms with E-state index in [4.69, 9.17) is 0 Å². The van der Waals surface area contributed by atoms with Crippen molar-refractivity contribution in [1.82, 2.24) is 30.5 Å². The van der Waals surface area contributed by atoms with Gasteiger partial charge in [-0.25, -0.2) is 4.79 Å². The van der Waals surface area contributed by atoms with E-state index in [-0.39, 0.29) is 12.5 Å². The highest BCUT2D eigenvalue weighted by Gasteiger charge is 2.47. The lowest BCUT2D eigenvalue weighted by atomic mass is 10.00. The number of amides is 5. The monoisotopic (exact) mass is 422 g/mol. The van der Waals surface area contributed by atoms with E-state index in [2.05, 4.69) is 15.6 Å². The van der Waals surface area contributed by atoms with Crippen LogP contribution < -0.4 is 10.7 Å². The molecule has 3 rings (SSSR count). The van der Waals surface area contributed by atoms with Gasteiger partial charge in [-0.05, 0) is 26.2 Å². The molecule has 0 aromatic heterocycles. The van der Waals surface area contributed by atoms with Gasteiger partial charge < -0.3 is 10.2 Å². The minimum Gasteiger partial charge on any atom is -0.342 e. The fourth-order valence-corrected chi connectivity index (χ4v) is 4.11. The molecular formula is C20H34N6O4. The maximum absolute atomic E-state index is 12.5. The minimum absolute atomic E-state index is 0.105. The van der Waals surface area contributed by atoms with Crippen LogP contribution in [0.5, 0.6) is 0 Å². The first-order valence-electron chi connectivity index (χ1n) is 11.0. The fraction of sp³-hybridized carbons (Fsp3) is 0.800. The molecule has 10 heteroatoms. The number of piperazine rings is 1. The van der Waals surface area contributed by atoms with Crippen molar-refractivity contribution in [1.29, 1.82) is 0 Å². The van der Waals surface area contributed by atoms with Crippen LogP contribution in [-0.2, 0) is 14.4 Å². The first-order valence-corrected chi connectivity index (χ1v) is 11.0. The van der Waals surface area contributed by atoms with Crippen LogP contribution in [-0.4, -0.2) is 101 Å². The van der Waals surface area contributed by atoms with Crippen LogP contribution in [0.2, 0.25) is 0 Å². The molecule has 2 N–H and O–H groups in total. The molecular weight excluding hydrogens is 388 g/mol. The molecule has 0 aromatic carbocycles. The average molecular weight is 423 g/mol. The molecule has 10 nitrogen and oxygen atoms in total. The summed E-state index contributed by atoms with van der Waals surface area (Å²) in [7, 11) is 0. The fourth-order valence-electron chi connectivity index (χ4n) is 4.11. The number of hydrogen-bond acceptors (Lipinski definition) is 6.